The van der Waals surface area contributed by atoms with Gasteiger partial charge in [0, 0.05) is 44.4 Å². The summed E-state index contributed by atoms with van der Waals surface area (Å²) in [5.41, 5.74) is 3.08. The molecule has 180 valence electrons. The first-order valence-corrected chi connectivity index (χ1v) is 12.6. The van der Waals surface area contributed by atoms with Crippen LogP contribution in [0.4, 0.5) is 5.88 Å². The van der Waals surface area contributed by atoms with E-state index in [0.29, 0.717) is 19.1 Å². The third-order valence-corrected chi connectivity index (χ3v) is 6.92. The maximum Gasteiger partial charge on any atom is 0.232 e. The molecule has 4 rings (SSSR count). The van der Waals surface area contributed by atoms with E-state index in [2.05, 4.69) is 40.6 Å². The number of nitrogens with zero attached hydrogens (tertiary/aromatic N) is 3. The second-order valence-electron chi connectivity index (χ2n) is 9.57. The Bertz CT molecular complexity index is 863. The van der Waals surface area contributed by atoms with Crippen molar-refractivity contribution in [2.24, 2.45) is 0 Å². The number of piperidine rings is 1. The standard InChI is InChI=1S/C27H39N3O3/c1-3-4-14-23(31)18-29(19-24-15-10-17-32-24)20-25-26(22-12-6-5-7-13-22)28-33-27(25)30-16-9-8-11-21(30)2/h3,5-7,12-13,21,23-24,31H,1,4,8-11,14-20H2,2H3. The van der Waals surface area contributed by atoms with Gasteiger partial charge in [0.1, 0.15) is 5.69 Å². The quantitative estimate of drug-likeness (QED) is 0.482. The summed E-state index contributed by atoms with van der Waals surface area (Å²) < 4.78 is 12.0. The summed E-state index contributed by atoms with van der Waals surface area (Å²) in [5.74, 6) is 0.888. The van der Waals surface area contributed by atoms with Crippen molar-refractivity contribution in [2.75, 3.05) is 31.1 Å². The number of allylic oxidation sites excluding steroid dienone is 1. The smallest absolute Gasteiger partial charge is 0.232 e. The highest BCUT2D eigenvalue weighted by atomic mass is 16.5. The van der Waals surface area contributed by atoms with E-state index in [-0.39, 0.29) is 6.10 Å². The predicted octanol–water partition coefficient (Wildman–Crippen LogP) is 5.03. The molecule has 0 amide bonds. The van der Waals surface area contributed by atoms with Gasteiger partial charge >= 0.3 is 0 Å². The molecular formula is C27H39N3O3. The fraction of sp³-hybridized carbons (Fsp3) is 0.593. The van der Waals surface area contributed by atoms with Gasteiger partial charge < -0.3 is 19.3 Å². The number of hydrogen-bond acceptors (Lipinski definition) is 6. The van der Waals surface area contributed by atoms with Gasteiger partial charge in [-0.2, -0.15) is 0 Å². The van der Waals surface area contributed by atoms with Crippen LogP contribution in [0.5, 0.6) is 0 Å². The lowest BCUT2D eigenvalue weighted by molar-refractivity contribution is 0.0445. The molecule has 3 heterocycles. The molecule has 2 aromatic rings. The Morgan fingerprint density at radius 2 is 2.09 bits per heavy atom. The Balaban J connectivity index is 1.63. The van der Waals surface area contributed by atoms with Gasteiger partial charge in [0.15, 0.2) is 0 Å². The minimum atomic E-state index is -0.401. The number of aliphatic hydroxyl groups is 1. The molecule has 1 aromatic heterocycles. The summed E-state index contributed by atoms with van der Waals surface area (Å²) >= 11 is 0. The average Bonchev–Trinajstić information content (AvgIpc) is 3.49. The number of aromatic nitrogens is 1. The summed E-state index contributed by atoms with van der Waals surface area (Å²) in [6.45, 7) is 9.98. The monoisotopic (exact) mass is 453 g/mol. The number of aliphatic hydroxyl groups excluding tert-OH is 1. The Labute approximate surface area is 198 Å². The van der Waals surface area contributed by atoms with E-state index in [4.69, 9.17) is 9.26 Å². The van der Waals surface area contributed by atoms with Gasteiger partial charge in [0.25, 0.3) is 0 Å². The van der Waals surface area contributed by atoms with Crippen LogP contribution in [0, 0.1) is 0 Å². The molecule has 0 spiro atoms. The third kappa shape index (κ3) is 6.25. The highest BCUT2D eigenvalue weighted by molar-refractivity contribution is 5.68. The molecule has 6 nitrogen and oxygen atoms in total. The van der Waals surface area contributed by atoms with E-state index in [1.165, 1.54) is 19.3 Å². The molecule has 1 N–H and O–H groups in total. The second kappa shape index (κ2) is 11.8. The van der Waals surface area contributed by atoms with Crippen molar-refractivity contribution in [1.29, 1.82) is 0 Å². The van der Waals surface area contributed by atoms with Crippen molar-refractivity contribution in [1.82, 2.24) is 10.1 Å². The minimum Gasteiger partial charge on any atom is -0.392 e. The summed E-state index contributed by atoms with van der Waals surface area (Å²) in [4.78, 5) is 4.72. The Morgan fingerprint density at radius 3 is 2.82 bits per heavy atom. The van der Waals surface area contributed by atoms with Crippen molar-refractivity contribution >= 4 is 5.88 Å². The van der Waals surface area contributed by atoms with Crippen LogP contribution in [0.25, 0.3) is 11.3 Å². The zero-order valence-corrected chi connectivity index (χ0v) is 20.0. The van der Waals surface area contributed by atoms with Crippen LogP contribution in [0.1, 0.15) is 57.4 Å². The van der Waals surface area contributed by atoms with Crippen LogP contribution in [0.2, 0.25) is 0 Å². The van der Waals surface area contributed by atoms with Gasteiger partial charge in [-0.05, 0) is 51.9 Å². The molecule has 1 aromatic carbocycles. The van der Waals surface area contributed by atoms with Gasteiger partial charge in [-0.15, -0.1) is 6.58 Å². The van der Waals surface area contributed by atoms with Crippen molar-refractivity contribution in [3.05, 3.63) is 48.6 Å². The summed E-state index contributed by atoms with van der Waals surface area (Å²) in [6.07, 6.45) is 9.00. The molecule has 6 heteroatoms. The van der Waals surface area contributed by atoms with Gasteiger partial charge in [0.05, 0.1) is 17.8 Å². The van der Waals surface area contributed by atoms with E-state index < -0.39 is 6.10 Å². The molecule has 0 radical (unpaired) electrons. The maximum atomic E-state index is 10.7. The van der Waals surface area contributed by atoms with Crippen LogP contribution in [0.15, 0.2) is 47.5 Å². The Hall–Kier alpha value is -2.15. The highest BCUT2D eigenvalue weighted by Gasteiger charge is 2.30. The first-order chi connectivity index (χ1) is 16.2. The van der Waals surface area contributed by atoms with E-state index in [0.717, 1.165) is 68.1 Å². The normalized spacial score (nSPS) is 22.1. The predicted molar refractivity (Wildman–Crippen MR) is 132 cm³/mol. The Morgan fingerprint density at radius 1 is 1.24 bits per heavy atom. The van der Waals surface area contributed by atoms with Crippen molar-refractivity contribution in [3.8, 4) is 11.3 Å². The van der Waals surface area contributed by atoms with Crippen LogP contribution in [0.3, 0.4) is 0 Å². The van der Waals surface area contributed by atoms with Crippen molar-refractivity contribution in [2.45, 2.75) is 76.7 Å². The lowest BCUT2D eigenvalue weighted by Gasteiger charge is -2.34. The Kier molecular flexibility index (Phi) is 8.59. The summed E-state index contributed by atoms with van der Waals surface area (Å²) in [5, 5.41) is 15.3. The number of hydrogen-bond donors (Lipinski definition) is 1. The first-order valence-electron chi connectivity index (χ1n) is 12.6. The minimum absolute atomic E-state index is 0.217. The van der Waals surface area contributed by atoms with Gasteiger partial charge in [-0.25, -0.2) is 0 Å². The topological polar surface area (TPSA) is 62.0 Å². The molecule has 33 heavy (non-hydrogen) atoms. The van der Waals surface area contributed by atoms with Crippen LogP contribution in [-0.2, 0) is 11.3 Å². The van der Waals surface area contributed by atoms with E-state index in [1.807, 2.05) is 24.3 Å². The molecule has 0 bridgehead atoms. The second-order valence-corrected chi connectivity index (χ2v) is 9.57. The first kappa shape index (κ1) is 24.0. The molecule has 2 fully saturated rings. The highest BCUT2D eigenvalue weighted by Crippen LogP contribution is 2.35. The molecule has 2 aliphatic heterocycles. The zero-order chi connectivity index (χ0) is 23.0. The summed E-state index contributed by atoms with van der Waals surface area (Å²) in [7, 11) is 0. The molecule has 2 aliphatic rings. The van der Waals surface area contributed by atoms with Crippen molar-refractivity contribution < 1.29 is 14.4 Å². The van der Waals surface area contributed by atoms with Gasteiger partial charge in [-0.1, -0.05) is 41.6 Å². The number of benzene rings is 1. The van der Waals surface area contributed by atoms with Gasteiger partial charge in [0.2, 0.25) is 5.88 Å². The fourth-order valence-corrected chi connectivity index (χ4v) is 5.09. The number of ether oxygens (including phenoxy) is 1. The lowest BCUT2D eigenvalue weighted by atomic mass is 10.0. The van der Waals surface area contributed by atoms with Crippen LogP contribution >= 0.6 is 0 Å². The molecule has 2 saturated heterocycles. The average molecular weight is 454 g/mol. The van der Waals surface area contributed by atoms with E-state index in [1.54, 1.807) is 0 Å². The molecule has 0 aliphatic carbocycles. The molecule has 3 unspecified atom stereocenters. The SMILES string of the molecule is C=CCCC(O)CN(Cc1c(-c2ccccc2)noc1N1CCCCC1C)CC1CCCO1. The molecular weight excluding hydrogens is 414 g/mol. The zero-order valence-electron chi connectivity index (χ0n) is 20.0. The summed E-state index contributed by atoms with van der Waals surface area (Å²) in [6, 6.07) is 10.7. The number of rotatable bonds is 11. The fourth-order valence-electron chi connectivity index (χ4n) is 5.09. The van der Waals surface area contributed by atoms with Crippen molar-refractivity contribution in [3.63, 3.8) is 0 Å². The molecule has 3 atom stereocenters. The van der Waals surface area contributed by atoms with E-state index >= 15 is 0 Å². The molecule has 0 saturated carbocycles. The van der Waals surface area contributed by atoms with Crippen LogP contribution < -0.4 is 4.90 Å². The van der Waals surface area contributed by atoms with E-state index in [9.17, 15) is 5.11 Å². The van der Waals surface area contributed by atoms with Crippen LogP contribution in [-0.4, -0.2) is 59.7 Å². The lowest BCUT2D eigenvalue weighted by Crippen LogP contribution is -2.40. The maximum absolute atomic E-state index is 10.7. The largest absolute Gasteiger partial charge is 0.392 e. The number of anilines is 1. The third-order valence-electron chi connectivity index (χ3n) is 6.92. The van der Waals surface area contributed by atoms with Gasteiger partial charge in [-0.3, -0.25) is 4.90 Å².